The van der Waals surface area contributed by atoms with E-state index in [0.717, 1.165) is 12.3 Å². The van der Waals surface area contributed by atoms with Crippen LogP contribution >= 0.6 is 11.8 Å². The molecule has 1 aliphatic rings. The van der Waals surface area contributed by atoms with Crippen LogP contribution < -0.4 is 5.32 Å². The Labute approximate surface area is 53.0 Å². The standard InChI is InChI=1S/C5H9NOS/c1-4(7)5-6-2-3-8-5/h5-6H,2-3H2,1H3. The molecule has 3 heteroatoms. The van der Waals surface area contributed by atoms with Gasteiger partial charge in [-0.05, 0) is 6.92 Å². The minimum absolute atomic E-state index is 0.0926. The van der Waals surface area contributed by atoms with Gasteiger partial charge in [0.1, 0.15) is 5.37 Å². The predicted octanol–water partition coefficient (Wildman–Crippen LogP) is 0.238. The number of carbonyl (C=O) groups is 1. The second-order valence-corrected chi connectivity index (χ2v) is 3.03. The van der Waals surface area contributed by atoms with Crippen LogP contribution in [0.3, 0.4) is 0 Å². The maximum atomic E-state index is 10.6. The van der Waals surface area contributed by atoms with Gasteiger partial charge in [0.05, 0.1) is 0 Å². The Kier molecular flexibility index (Phi) is 1.91. The lowest BCUT2D eigenvalue weighted by atomic mass is 10.4. The Morgan fingerprint density at radius 1 is 1.88 bits per heavy atom. The molecule has 1 N–H and O–H groups in total. The number of carbonyl (C=O) groups excluding carboxylic acids is 1. The van der Waals surface area contributed by atoms with Crippen LogP contribution in [0, 0.1) is 0 Å². The minimum Gasteiger partial charge on any atom is -0.298 e. The van der Waals surface area contributed by atoms with Gasteiger partial charge in [-0.3, -0.25) is 10.1 Å². The largest absolute Gasteiger partial charge is 0.298 e. The Bertz CT molecular complexity index is 98.6. The van der Waals surface area contributed by atoms with Crippen molar-refractivity contribution in [3.05, 3.63) is 0 Å². The van der Waals surface area contributed by atoms with Crippen molar-refractivity contribution >= 4 is 17.5 Å². The third-order valence-electron chi connectivity index (χ3n) is 1.09. The van der Waals surface area contributed by atoms with Gasteiger partial charge >= 0.3 is 0 Å². The maximum absolute atomic E-state index is 10.6. The summed E-state index contributed by atoms with van der Waals surface area (Å²) >= 11 is 1.69. The van der Waals surface area contributed by atoms with Crippen LogP contribution in [0.25, 0.3) is 0 Å². The van der Waals surface area contributed by atoms with Gasteiger partial charge in [-0.25, -0.2) is 0 Å². The summed E-state index contributed by atoms with van der Waals surface area (Å²) in [5, 5.41) is 3.16. The number of nitrogens with one attached hydrogen (secondary N) is 1. The van der Waals surface area contributed by atoms with Crippen molar-refractivity contribution in [2.75, 3.05) is 12.3 Å². The van der Waals surface area contributed by atoms with Crippen LogP contribution in [0.4, 0.5) is 0 Å². The quantitative estimate of drug-likeness (QED) is 0.552. The van der Waals surface area contributed by atoms with Crippen molar-refractivity contribution in [2.24, 2.45) is 0 Å². The second-order valence-electron chi connectivity index (χ2n) is 1.82. The number of thioether (sulfide) groups is 1. The number of hydrogen-bond acceptors (Lipinski definition) is 3. The fourth-order valence-electron chi connectivity index (χ4n) is 0.687. The van der Waals surface area contributed by atoms with Gasteiger partial charge in [-0.1, -0.05) is 0 Å². The van der Waals surface area contributed by atoms with E-state index >= 15 is 0 Å². The normalized spacial score (nSPS) is 28.4. The molecule has 46 valence electrons. The Hall–Kier alpha value is -0.0200. The molecule has 0 bridgehead atoms. The predicted molar refractivity (Wildman–Crippen MR) is 34.9 cm³/mol. The summed E-state index contributed by atoms with van der Waals surface area (Å²) in [4.78, 5) is 10.6. The third kappa shape index (κ3) is 1.23. The van der Waals surface area contributed by atoms with Crippen LogP contribution in [0.2, 0.25) is 0 Å². The summed E-state index contributed by atoms with van der Waals surface area (Å²) in [6.45, 7) is 2.60. The van der Waals surface area contributed by atoms with Gasteiger partial charge in [0.25, 0.3) is 0 Å². The van der Waals surface area contributed by atoms with Crippen molar-refractivity contribution < 1.29 is 4.79 Å². The van der Waals surface area contributed by atoms with Gasteiger partial charge in [0, 0.05) is 12.3 Å². The summed E-state index contributed by atoms with van der Waals surface area (Å²) in [6, 6.07) is 0. The zero-order chi connectivity index (χ0) is 5.98. The van der Waals surface area contributed by atoms with E-state index in [1.54, 1.807) is 18.7 Å². The van der Waals surface area contributed by atoms with Crippen molar-refractivity contribution in [3.63, 3.8) is 0 Å². The molecule has 0 spiro atoms. The van der Waals surface area contributed by atoms with E-state index in [0.29, 0.717) is 0 Å². The monoisotopic (exact) mass is 131 g/mol. The molecule has 0 aromatic heterocycles. The van der Waals surface area contributed by atoms with Crippen LogP contribution in [0.15, 0.2) is 0 Å². The van der Waals surface area contributed by atoms with E-state index in [1.165, 1.54) is 0 Å². The first-order valence-corrected chi connectivity index (χ1v) is 3.71. The highest BCUT2D eigenvalue weighted by atomic mass is 32.2. The Morgan fingerprint density at radius 2 is 2.62 bits per heavy atom. The molecule has 1 aliphatic heterocycles. The topological polar surface area (TPSA) is 29.1 Å². The van der Waals surface area contributed by atoms with Gasteiger partial charge in [-0.15, -0.1) is 11.8 Å². The maximum Gasteiger partial charge on any atom is 0.156 e. The number of rotatable bonds is 1. The van der Waals surface area contributed by atoms with Crippen molar-refractivity contribution in [3.8, 4) is 0 Å². The molecule has 1 saturated heterocycles. The van der Waals surface area contributed by atoms with Crippen molar-refractivity contribution in [2.45, 2.75) is 12.3 Å². The van der Waals surface area contributed by atoms with Gasteiger partial charge in [0.15, 0.2) is 5.78 Å². The zero-order valence-corrected chi connectivity index (χ0v) is 5.62. The molecule has 1 rings (SSSR count). The van der Waals surface area contributed by atoms with E-state index in [2.05, 4.69) is 5.32 Å². The molecule has 0 aliphatic carbocycles. The van der Waals surface area contributed by atoms with E-state index in [-0.39, 0.29) is 11.2 Å². The third-order valence-corrected chi connectivity index (χ3v) is 2.36. The summed E-state index contributed by atoms with van der Waals surface area (Å²) in [5.74, 6) is 1.32. The van der Waals surface area contributed by atoms with Gasteiger partial charge < -0.3 is 0 Å². The molecule has 1 atom stereocenters. The van der Waals surface area contributed by atoms with Crippen LogP contribution in [-0.2, 0) is 4.79 Å². The Balaban J connectivity index is 2.35. The molecular weight excluding hydrogens is 122 g/mol. The lowest BCUT2D eigenvalue weighted by Crippen LogP contribution is -2.26. The first-order valence-electron chi connectivity index (χ1n) is 2.66. The first-order chi connectivity index (χ1) is 3.80. The van der Waals surface area contributed by atoms with E-state index in [9.17, 15) is 4.79 Å². The molecule has 0 amide bonds. The molecular formula is C5H9NOS. The van der Waals surface area contributed by atoms with E-state index < -0.39 is 0 Å². The van der Waals surface area contributed by atoms with Crippen LogP contribution in [-0.4, -0.2) is 23.5 Å². The Morgan fingerprint density at radius 3 is 2.88 bits per heavy atom. The summed E-state index contributed by atoms with van der Waals surface area (Å²) in [5.41, 5.74) is 0. The minimum atomic E-state index is 0.0926. The zero-order valence-electron chi connectivity index (χ0n) is 4.81. The van der Waals surface area contributed by atoms with Gasteiger partial charge in [-0.2, -0.15) is 0 Å². The second kappa shape index (κ2) is 2.51. The highest BCUT2D eigenvalue weighted by Gasteiger charge is 2.17. The molecule has 0 aromatic rings. The number of ketones is 1. The highest BCUT2D eigenvalue weighted by Crippen LogP contribution is 2.13. The SMILES string of the molecule is CC(=O)C1NCCS1. The molecule has 0 radical (unpaired) electrons. The molecule has 8 heavy (non-hydrogen) atoms. The van der Waals surface area contributed by atoms with Crippen LogP contribution in [0.5, 0.6) is 0 Å². The molecule has 1 fully saturated rings. The average molecular weight is 131 g/mol. The summed E-state index contributed by atoms with van der Waals surface area (Å²) < 4.78 is 0. The van der Waals surface area contributed by atoms with Crippen molar-refractivity contribution in [1.29, 1.82) is 0 Å². The van der Waals surface area contributed by atoms with Crippen molar-refractivity contribution in [1.82, 2.24) is 5.32 Å². The summed E-state index contributed by atoms with van der Waals surface area (Å²) in [7, 11) is 0. The lowest BCUT2D eigenvalue weighted by Gasteiger charge is -2.00. The summed E-state index contributed by atoms with van der Waals surface area (Å²) in [6.07, 6.45) is 0. The molecule has 1 unspecified atom stereocenters. The van der Waals surface area contributed by atoms with Crippen LogP contribution in [0.1, 0.15) is 6.92 Å². The fraction of sp³-hybridized carbons (Fsp3) is 0.800. The fourth-order valence-corrected chi connectivity index (χ4v) is 1.63. The number of hydrogen-bond donors (Lipinski definition) is 1. The smallest absolute Gasteiger partial charge is 0.156 e. The van der Waals surface area contributed by atoms with E-state index in [1.807, 2.05) is 0 Å². The molecule has 0 saturated carbocycles. The average Bonchev–Trinajstić information content (AvgIpc) is 2.12. The molecule has 1 heterocycles. The molecule has 0 aromatic carbocycles. The first kappa shape index (κ1) is 6.11. The number of Topliss-reactive ketones (excluding diaryl/α,β-unsaturated/α-hetero) is 1. The lowest BCUT2D eigenvalue weighted by molar-refractivity contribution is -0.116. The highest BCUT2D eigenvalue weighted by molar-refractivity contribution is 8.00. The molecule has 2 nitrogen and oxygen atoms in total. The van der Waals surface area contributed by atoms with Gasteiger partial charge in [0.2, 0.25) is 0 Å². The van der Waals surface area contributed by atoms with E-state index in [4.69, 9.17) is 0 Å².